The molecule has 1 aromatic carbocycles. The zero-order chi connectivity index (χ0) is 22.6. The lowest BCUT2D eigenvalue weighted by Crippen LogP contribution is -2.26. The Labute approximate surface area is 194 Å². The van der Waals surface area contributed by atoms with Crippen molar-refractivity contribution >= 4 is 39.8 Å². The van der Waals surface area contributed by atoms with E-state index in [-0.39, 0.29) is 18.9 Å². The summed E-state index contributed by atoms with van der Waals surface area (Å²) in [6, 6.07) is 6.09. The lowest BCUT2D eigenvalue weighted by molar-refractivity contribution is -0.0125. The van der Waals surface area contributed by atoms with Crippen LogP contribution in [-0.4, -0.2) is 16.5 Å². The maximum absolute atomic E-state index is 14.1. The SMILES string of the molecule is CCCC.CCCn1c2c(c3cc(NC4C=CC(Cl)=C(Cl)C4)ccc31)CC(F)(F)CC2. The summed E-state index contributed by atoms with van der Waals surface area (Å²) < 4.78 is 30.4. The third-order valence-electron chi connectivity index (χ3n) is 5.88. The zero-order valence-corrected chi connectivity index (χ0v) is 20.1. The fourth-order valence-electron chi connectivity index (χ4n) is 4.14. The van der Waals surface area contributed by atoms with E-state index in [9.17, 15) is 8.78 Å². The number of fused-ring (bicyclic) bond motifs is 3. The van der Waals surface area contributed by atoms with Crippen molar-refractivity contribution in [3.63, 3.8) is 0 Å². The number of allylic oxidation sites excluding steroid dienone is 2. The monoisotopic (exact) mass is 468 g/mol. The van der Waals surface area contributed by atoms with Gasteiger partial charge in [0.2, 0.25) is 0 Å². The highest BCUT2D eigenvalue weighted by Crippen LogP contribution is 2.40. The number of unbranched alkanes of at least 4 members (excludes halogenated alkanes) is 1. The van der Waals surface area contributed by atoms with E-state index in [4.69, 9.17) is 23.2 Å². The number of anilines is 1. The Morgan fingerprint density at radius 1 is 1.13 bits per heavy atom. The first-order valence-electron chi connectivity index (χ1n) is 11.3. The van der Waals surface area contributed by atoms with Crippen molar-refractivity contribution < 1.29 is 8.78 Å². The summed E-state index contributed by atoms with van der Waals surface area (Å²) in [5.41, 5.74) is 3.83. The highest BCUT2D eigenvalue weighted by Gasteiger charge is 2.37. The highest BCUT2D eigenvalue weighted by molar-refractivity contribution is 6.40. The topological polar surface area (TPSA) is 17.0 Å². The highest BCUT2D eigenvalue weighted by atomic mass is 35.5. The Morgan fingerprint density at radius 2 is 1.87 bits per heavy atom. The van der Waals surface area contributed by atoms with Crippen LogP contribution in [-0.2, 0) is 19.4 Å². The average Bonchev–Trinajstić information content (AvgIpc) is 3.02. The van der Waals surface area contributed by atoms with Gasteiger partial charge in [0.1, 0.15) is 0 Å². The number of hydrogen-bond acceptors (Lipinski definition) is 1. The molecule has 6 heteroatoms. The predicted octanol–water partition coefficient (Wildman–Crippen LogP) is 8.41. The fourth-order valence-corrected chi connectivity index (χ4v) is 4.52. The number of nitrogens with one attached hydrogen (secondary N) is 1. The van der Waals surface area contributed by atoms with Crippen molar-refractivity contribution in [3.05, 3.63) is 51.7 Å². The molecule has 2 aliphatic carbocycles. The molecule has 170 valence electrons. The molecule has 1 aromatic heterocycles. The summed E-state index contributed by atoms with van der Waals surface area (Å²) in [4.78, 5) is 0. The molecule has 0 amide bonds. The van der Waals surface area contributed by atoms with Crippen molar-refractivity contribution in [1.82, 2.24) is 4.57 Å². The second-order valence-electron chi connectivity index (χ2n) is 8.41. The Balaban J connectivity index is 0.000000628. The van der Waals surface area contributed by atoms with Crippen molar-refractivity contribution in [1.29, 1.82) is 0 Å². The van der Waals surface area contributed by atoms with Gasteiger partial charge in [-0.25, -0.2) is 8.78 Å². The van der Waals surface area contributed by atoms with E-state index in [0.717, 1.165) is 40.8 Å². The minimum Gasteiger partial charge on any atom is -0.378 e. The maximum atomic E-state index is 14.1. The summed E-state index contributed by atoms with van der Waals surface area (Å²) in [5.74, 6) is -2.62. The van der Waals surface area contributed by atoms with Gasteiger partial charge in [-0.1, -0.05) is 62.9 Å². The van der Waals surface area contributed by atoms with Crippen LogP contribution < -0.4 is 5.32 Å². The van der Waals surface area contributed by atoms with Gasteiger partial charge in [-0.3, -0.25) is 0 Å². The van der Waals surface area contributed by atoms with Crippen molar-refractivity contribution in [2.45, 2.75) is 84.2 Å². The molecular weight excluding hydrogens is 437 g/mol. The summed E-state index contributed by atoms with van der Waals surface area (Å²) in [5, 5.41) is 5.56. The van der Waals surface area contributed by atoms with Crippen LogP contribution in [0.5, 0.6) is 0 Å². The average molecular weight is 469 g/mol. The second-order valence-corrected chi connectivity index (χ2v) is 9.27. The van der Waals surface area contributed by atoms with E-state index >= 15 is 0 Å². The van der Waals surface area contributed by atoms with Crippen LogP contribution in [0.2, 0.25) is 0 Å². The van der Waals surface area contributed by atoms with Gasteiger partial charge >= 0.3 is 0 Å². The molecule has 0 saturated carbocycles. The molecule has 0 spiro atoms. The first kappa shape index (κ1) is 24.1. The number of halogens is 4. The van der Waals surface area contributed by atoms with Crippen LogP contribution in [0.1, 0.15) is 64.1 Å². The van der Waals surface area contributed by atoms with E-state index in [2.05, 4.69) is 30.7 Å². The standard InChI is InChI=1S/C21H22Cl2F2N2.C4H10/c1-2-9-27-19-6-4-13(26-14-3-5-17(22)18(23)11-14)10-15(19)16-12-21(24,25)8-7-20(16)27;1-3-4-2/h3-6,10,14,26H,2,7-9,11-12H2,1H3;3-4H2,1-2H3. The van der Waals surface area contributed by atoms with E-state index in [1.807, 2.05) is 24.3 Å². The summed E-state index contributed by atoms with van der Waals surface area (Å²) in [7, 11) is 0. The fraction of sp³-hybridized carbons (Fsp3) is 0.520. The lowest BCUT2D eigenvalue weighted by atomic mass is 9.92. The van der Waals surface area contributed by atoms with Crippen LogP contribution in [0.15, 0.2) is 40.4 Å². The van der Waals surface area contributed by atoms with Crippen molar-refractivity contribution in [3.8, 4) is 0 Å². The number of hydrogen-bond donors (Lipinski definition) is 1. The van der Waals surface area contributed by atoms with Gasteiger partial charge < -0.3 is 9.88 Å². The zero-order valence-electron chi connectivity index (χ0n) is 18.6. The quantitative estimate of drug-likeness (QED) is 0.465. The van der Waals surface area contributed by atoms with Crippen LogP contribution >= 0.6 is 23.2 Å². The van der Waals surface area contributed by atoms with Crippen LogP contribution in [0.25, 0.3) is 10.9 Å². The molecule has 0 aliphatic heterocycles. The van der Waals surface area contributed by atoms with Gasteiger partial charge in [0.25, 0.3) is 5.92 Å². The first-order chi connectivity index (χ1) is 14.8. The Morgan fingerprint density at radius 3 is 2.52 bits per heavy atom. The lowest BCUT2D eigenvalue weighted by Gasteiger charge is -2.23. The third-order valence-corrected chi connectivity index (χ3v) is 6.69. The minimum atomic E-state index is -2.62. The van der Waals surface area contributed by atoms with Crippen molar-refractivity contribution in [2.24, 2.45) is 0 Å². The van der Waals surface area contributed by atoms with E-state index < -0.39 is 5.92 Å². The van der Waals surface area contributed by atoms with Gasteiger partial charge in [-0.15, -0.1) is 0 Å². The van der Waals surface area contributed by atoms with E-state index in [0.29, 0.717) is 22.9 Å². The summed E-state index contributed by atoms with van der Waals surface area (Å²) in [6.07, 6.45) is 8.20. The number of benzene rings is 1. The van der Waals surface area contributed by atoms with E-state index in [1.165, 1.54) is 12.8 Å². The Bertz CT molecular complexity index is 974. The largest absolute Gasteiger partial charge is 0.378 e. The number of aryl methyl sites for hydroxylation is 1. The molecule has 0 fully saturated rings. The molecule has 1 N–H and O–H groups in total. The molecule has 1 unspecified atom stereocenters. The van der Waals surface area contributed by atoms with Gasteiger partial charge in [0.15, 0.2) is 0 Å². The normalized spacial score (nSPS) is 19.8. The molecule has 0 bridgehead atoms. The molecule has 0 radical (unpaired) electrons. The maximum Gasteiger partial charge on any atom is 0.252 e. The van der Waals surface area contributed by atoms with Crippen LogP contribution in [0.4, 0.5) is 14.5 Å². The second kappa shape index (κ2) is 10.4. The van der Waals surface area contributed by atoms with Crippen LogP contribution in [0, 0.1) is 0 Å². The number of alkyl halides is 2. The molecule has 2 aliphatic rings. The molecule has 31 heavy (non-hydrogen) atoms. The Hall–Kier alpha value is -1.52. The third kappa shape index (κ3) is 5.64. The van der Waals surface area contributed by atoms with Gasteiger partial charge in [-0.2, -0.15) is 0 Å². The Kier molecular flexibility index (Phi) is 8.09. The molecule has 2 aromatic rings. The van der Waals surface area contributed by atoms with Crippen LogP contribution in [0.3, 0.4) is 0 Å². The number of nitrogens with zero attached hydrogens (tertiary/aromatic N) is 1. The predicted molar refractivity (Wildman–Crippen MR) is 130 cm³/mol. The van der Waals surface area contributed by atoms with E-state index in [1.54, 1.807) is 6.08 Å². The minimum absolute atomic E-state index is 0.0347. The molecular formula is C25H32Cl2F2N2. The van der Waals surface area contributed by atoms with Gasteiger partial charge in [0.05, 0.1) is 5.03 Å². The number of rotatable bonds is 5. The molecule has 0 saturated heterocycles. The summed E-state index contributed by atoms with van der Waals surface area (Å²) in [6.45, 7) is 7.33. The van der Waals surface area contributed by atoms with Crippen molar-refractivity contribution in [2.75, 3.05) is 5.32 Å². The smallest absolute Gasteiger partial charge is 0.252 e. The number of aromatic nitrogens is 1. The van der Waals surface area contributed by atoms with Gasteiger partial charge in [-0.05, 0) is 42.7 Å². The molecule has 1 heterocycles. The molecule has 2 nitrogen and oxygen atoms in total. The summed E-state index contributed by atoms with van der Waals surface area (Å²) >= 11 is 12.2. The molecule has 4 rings (SSSR count). The molecule has 1 atom stereocenters. The first-order valence-corrected chi connectivity index (χ1v) is 12.1. The van der Waals surface area contributed by atoms with Gasteiger partial charge in [0, 0.05) is 59.2 Å².